The highest BCUT2D eigenvalue weighted by Gasteiger charge is 2.09. The van der Waals surface area contributed by atoms with E-state index in [1.165, 1.54) is 0 Å². The van der Waals surface area contributed by atoms with Crippen molar-refractivity contribution in [2.75, 3.05) is 7.11 Å². The van der Waals surface area contributed by atoms with Crippen LogP contribution in [0.25, 0.3) is 0 Å². The van der Waals surface area contributed by atoms with Crippen LogP contribution in [0, 0.1) is 5.95 Å². The van der Waals surface area contributed by atoms with Gasteiger partial charge in [0.05, 0.1) is 7.11 Å². The number of aromatic nitrogens is 1. The predicted molar refractivity (Wildman–Crippen MR) is 38.4 cm³/mol. The van der Waals surface area contributed by atoms with Gasteiger partial charge in [0.25, 0.3) is 0 Å². The summed E-state index contributed by atoms with van der Waals surface area (Å²) in [6.45, 7) is 0. The average molecular weight is 171 g/mol. The molecule has 0 amide bonds. The monoisotopic (exact) mass is 171 g/mol. The van der Waals surface area contributed by atoms with Crippen molar-refractivity contribution in [3.8, 4) is 0 Å². The van der Waals surface area contributed by atoms with Gasteiger partial charge in [0.1, 0.15) is 5.56 Å². The Bertz CT molecular complexity index is 358. The standard InChI is InChI=1S/C7H6FNO3/c1-12-7(11)4-3-9-6(8)2-5(4)10/h2-3H,1H3,(H,9,10). The molecule has 0 aliphatic rings. The van der Waals surface area contributed by atoms with Crippen LogP contribution in [0.1, 0.15) is 10.4 Å². The van der Waals surface area contributed by atoms with Crippen LogP contribution < -0.4 is 5.43 Å². The molecule has 1 heterocycles. The minimum Gasteiger partial charge on any atom is -0.465 e. The minimum absolute atomic E-state index is 0.209. The van der Waals surface area contributed by atoms with Gasteiger partial charge < -0.3 is 9.72 Å². The Morgan fingerprint density at radius 3 is 2.83 bits per heavy atom. The highest BCUT2D eigenvalue weighted by atomic mass is 19.1. The van der Waals surface area contributed by atoms with Crippen LogP contribution >= 0.6 is 0 Å². The fraction of sp³-hybridized carbons (Fsp3) is 0.143. The smallest absolute Gasteiger partial charge is 0.343 e. The molecule has 12 heavy (non-hydrogen) atoms. The summed E-state index contributed by atoms with van der Waals surface area (Å²) in [7, 11) is 1.14. The largest absolute Gasteiger partial charge is 0.465 e. The molecule has 1 aromatic rings. The average Bonchev–Trinajstić information content (AvgIpc) is 2.03. The zero-order chi connectivity index (χ0) is 9.14. The number of hydrogen-bond acceptors (Lipinski definition) is 3. The van der Waals surface area contributed by atoms with Crippen molar-refractivity contribution in [1.82, 2.24) is 4.98 Å². The first-order valence-corrected chi connectivity index (χ1v) is 3.11. The molecule has 1 aromatic heterocycles. The Kier molecular flexibility index (Phi) is 2.23. The van der Waals surface area contributed by atoms with Gasteiger partial charge >= 0.3 is 5.97 Å². The Morgan fingerprint density at radius 2 is 2.33 bits per heavy atom. The van der Waals surface area contributed by atoms with Crippen molar-refractivity contribution in [1.29, 1.82) is 0 Å². The number of hydrogen-bond donors (Lipinski definition) is 1. The molecule has 64 valence electrons. The number of carbonyl (C=O) groups is 1. The van der Waals surface area contributed by atoms with E-state index in [1.54, 1.807) is 0 Å². The van der Waals surface area contributed by atoms with Gasteiger partial charge in [-0.15, -0.1) is 0 Å². The molecule has 0 aromatic carbocycles. The van der Waals surface area contributed by atoms with E-state index in [2.05, 4.69) is 9.72 Å². The molecule has 0 fully saturated rings. The van der Waals surface area contributed by atoms with Crippen molar-refractivity contribution in [3.05, 3.63) is 34.0 Å². The molecular weight excluding hydrogens is 165 g/mol. The van der Waals surface area contributed by atoms with Gasteiger partial charge in [0, 0.05) is 12.3 Å². The highest BCUT2D eigenvalue weighted by molar-refractivity contribution is 5.88. The van der Waals surface area contributed by atoms with Crippen molar-refractivity contribution in [2.24, 2.45) is 0 Å². The normalized spacial score (nSPS) is 9.50. The number of methoxy groups -OCH3 is 1. The molecule has 0 spiro atoms. The maximum absolute atomic E-state index is 12.3. The molecule has 1 N–H and O–H groups in total. The zero-order valence-corrected chi connectivity index (χ0v) is 6.26. The predicted octanol–water partition coefficient (Wildman–Crippen LogP) is 0.301. The molecule has 0 unspecified atom stereocenters. The summed E-state index contributed by atoms with van der Waals surface area (Å²) in [6.07, 6.45) is 0.976. The molecule has 0 aliphatic carbocycles. The van der Waals surface area contributed by atoms with Gasteiger partial charge in [0.2, 0.25) is 0 Å². The van der Waals surface area contributed by atoms with Gasteiger partial charge in [-0.05, 0) is 0 Å². The first kappa shape index (κ1) is 8.45. The Labute approximate surface area is 67.0 Å². The summed E-state index contributed by atoms with van der Waals surface area (Å²) in [5, 5.41) is 0. The number of rotatable bonds is 1. The molecule has 1 rings (SSSR count). The van der Waals surface area contributed by atoms with E-state index in [-0.39, 0.29) is 5.56 Å². The Morgan fingerprint density at radius 1 is 1.67 bits per heavy atom. The molecular formula is C7H6FNO3. The first-order chi connectivity index (χ1) is 5.65. The number of nitrogens with one attached hydrogen (secondary N) is 1. The molecule has 4 nitrogen and oxygen atoms in total. The van der Waals surface area contributed by atoms with Crippen LogP contribution in [0.15, 0.2) is 17.1 Å². The van der Waals surface area contributed by atoms with E-state index in [0.717, 1.165) is 13.3 Å². The fourth-order valence-electron chi connectivity index (χ4n) is 0.716. The highest BCUT2D eigenvalue weighted by Crippen LogP contribution is 1.93. The number of H-pyrrole nitrogens is 1. The third kappa shape index (κ3) is 1.50. The molecule has 0 radical (unpaired) electrons. The van der Waals surface area contributed by atoms with Crippen molar-refractivity contribution in [3.63, 3.8) is 0 Å². The van der Waals surface area contributed by atoms with Gasteiger partial charge in [-0.1, -0.05) is 0 Å². The van der Waals surface area contributed by atoms with E-state index < -0.39 is 17.3 Å². The summed E-state index contributed by atoms with van der Waals surface area (Å²) in [5.74, 6) is -1.57. The minimum atomic E-state index is -0.785. The van der Waals surface area contributed by atoms with Gasteiger partial charge in [0.15, 0.2) is 11.4 Å². The van der Waals surface area contributed by atoms with E-state index in [1.807, 2.05) is 0 Å². The molecule has 0 aliphatic heterocycles. The zero-order valence-electron chi connectivity index (χ0n) is 6.26. The van der Waals surface area contributed by atoms with Gasteiger partial charge in [-0.25, -0.2) is 4.79 Å². The summed E-state index contributed by atoms with van der Waals surface area (Å²) in [5.41, 5.74) is -0.906. The van der Waals surface area contributed by atoms with E-state index >= 15 is 0 Å². The van der Waals surface area contributed by atoms with Gasteiger partial charge in [-0.3, -0.25) is 4.79 Å². The van der Waals surface area contributed by atoms with Crippen LogP contribution in [-0.2, 0) is 4.74 Å². The lowest BCUT2D eigenvalue weighted by Gasteiger charge is -1.96. The second kappa shape index (κ2) is 3.17. The van der Waals surface area contributed by atoms with Crippen LogP contribution in [0.3, 0.4) is 0 Å². The lowest BCUT2D eigenvalue weighted by atomic mass is 10.3. The Balaban J connectivity index is 3.19. The quantitative estimate of drug-likeness (QED) is 0.488. The third-order valence-electron chi connectivity index (χ3n) is 1.28. The molecule has 0 saturated carbocycles. The summed E-state index contributed by atoms with van der Waals surface area (Å²) < 4.78 is 16.6. The number of aromatic amines is 1. The second-order valence-corrected chi connectivity index (χ2v) is 2.05. The van der Waals surface area contributed by atoms with Crippen LogP contribution in [0.5, 0.6) is 0 Å². The Hall–Kier alpha value is -1.65. The van der Waals surface area contributed by atoms with Crippen LogP contribution in [0.2, 0.25) is 0 Å². The number of halogens is 1. The first-order valence-electron chi connectivity index (χ1n) is 3.11. The topological polar surface area (TPSA) is 59.2 Å². The van der Waals surface area contributed by atoms with Gasteiger partial charge in [-0.2, -0.15) is 4.39 Å². The molecule has 0 saturated heterocycles. The van der Waals surface area contributed by atoms with E-state index in [0.29, 0.717) is 6.07 Å². The van der Waals surface area contributed by atoms with E-state index in [9.17, 15) is 14.0 Å². The fourth-order valence-corrected chi connectivity index (χ4v) is 0.716. The molecule has 0 bridgehead atoms. The SMILES string of the molecule is COC(=O)c1c[nH]c(F)cc1=O. The van der Waals surface area contributed by atoms with E-state index in [4.69, 9.17) is 0 Å². The van der Waals surface area contributed by atoms with Crippen LogP contribution in [0.4, 0.5) is 4.39 Å². The second-order valence-electron chi connectivity index (χ2n) is 2.05. The summed E-state index contributed by atoms with van der Waals surface area (Å²) >= 11 is 0. The molecule has 0 atom stereocenters. The summed E-state index contributed by atoms with van der Waals surface area (Å²) in [4.78, 5) is 23.7. The summed E-state index contributed by atoms with van der Waals surface area (Å²) in [6, 6.07) is 0.687. The number of ether oxygens (including phenoxy) is 1. The van der Waals surface area contributed by atoms with Crippen LogP contribution in [-0.4, -0.2) is 18.1 Å². The lowest BCUT2D eigenvalue weighted by molar-refractivity contribution is 0.0598. The van der Waals surface area contributed by atoms with Crippen molar-refractivity contribution >= 4 is 5.97 Å². The number of pyridine rings is 1. The van der Waals surface area contributed by atoms with Crippen molar-refractivity contribution in [2.45, 2.75) is 0 Å². The van der Waals surface area contributed by atoms with Crippen molar-refractivity contribution < 1.29 is 13.9 Å². The lowest BCUT2D eigenvalue weighted by Crippen LogP contribution is -2.16. The number of esters is 1. The maximum Gasteiger partial charge on any atom is 0.343 e. The maximum atomic E-state index is 12.3. The number of carbonyl (C=O) groups excluding carboxylic acids is 1. The third-order valence-corrected chi connectivity index (χ3v) is 1.28. The molecule has 5 heteroatoms.